The summed E-state index contributed by atoms with van der Waals surface area (Å²) in [6, 6.07) is 0. The van der Waals surface area contributed by atoms with Gasteiger partial charge in [-0.15, -0.1) is 10.2 Å². The summed E-state index contributed by atoms with van der Waals surface area (Å²) < 4.78 is 90.3. The van der Waals surface area contributed by atoms with Gasteiger partial charge in [-0.3, -0.25) is 4.90 Å². The molecule has 2 rings (SSSR count). The van der Waals surface area contributed by atoms with Crippen LogP contribution in [0.4, 0.5) is 0 Å². The molecule has 0 bridgehead atoms. The molecule has 0 N–H and O–H groups in total. The summed E-state index contributed by atoms with van der Waals surface area (Å²) in [6.07, 6.45) is 3.85. The highest BCUT2D eigenvalue weighted by molar-refractivity contribution is 4.95. The van der Waals surface area contributed by atoms with Crippen LogP contribution in [0.25, 0.3) is 0 Å². The average Bonchev–Trinajstić information content (AvgIpc) is 3.95. The Morgan fingerprint density at radius 1 is 0.328 bits per heavy atom. The molecule has 0 saturated heterocycles. The van der Waals surface area contributed by atoms with E-state index in [1.165, 1.54) is 0 Å². The highest BCUT2D eigenvalue weighted by Crippen LogP contribution is 2.04. The molecular weight excluding hydrogens is 846 g/mol. The lowest BCUT2D eigenvalue weighted by molar-refractivity contribution is -0.0223. The minimum atomic E-state index is 0.486. The standard InChI is InChI=1S/C41H79N7O16/c1-46(36-40-38-47(44-42-40)4-6-51-12-14-55-20-22-59-28-30-63-34-32-61-26-24-57-18-16-53-10-8-49-2)37-41-39-48(45-43-41)5-7-52-13-15-56-21-23-60-29-31-64-35-33-62-27-25-58-19-17-54-11-9-50-3/h38-39H,4-37H2,1-3H3. The number of rotatable bonds is 52. The highest BCUT2D eigenvalue weighted by atomic mass is 16.6. The number of nitrogens with zero attached hydrogens (tertiary/aromatic N) is 7. The predicted octanol–water partition coefficient (Wildman–Crippen LogP) is 0.0268. The summed E-state index contributed by atoms with van der Waals surface area (Å²) in [5.74, 6) is 0. The summed E-state index contributed by atoms with van der Waals surface area (Å²) in [7, 11) is 5.29. The molecule has 374 valence electrons. The first-order valence-electron chi connectivity index (χ1n) is 22.2. The number of hydrogen-bond acceptors (Lipinski definition) is 21. The quantitative estimate of drug-likeness (QED) is 0.0801. The Hall–Kier alpha value is -2.40. The summed E-state index contributed by atoms with van der Waals surface area (Å²) in [5.41, 5.74) is 1.72. The van der Waals surface area contributed by atoms with Crippen molar-refractivity contribution in [3.63, 3.8) is 0 Å². The predicted molar refractivity (Wildman–Crippen MR) is 230 cm³/mol. The lowest BCUT2D eigenvalue weighted by atomic mass is 10.4. The van der Waals surface area contributed by atoms with Gasteiger partial charge in [0.1, 0.15) is 0 Å². The zero-order valence-corrected chi connectivity index (χ0v) is 38.9. The van der Waals surface area contributed by atoms with E-state index in [4.69, 9.17) is 75.8 Å². The van der Waals surface area contributed by atoms with Crippen molar-refractivity contribution in [2.45, 2.75) is 26.2 Å². The number of aromatic nitrogens is 6. The zero-order chi connectivity index (χ0) is 45.5. The summed E-state index contributed by atoms with van der Waals surface area (Å²) in [4.78, 5) is 2.11. The van der Waals surface area contributed by atoms with E-state index in [9.17, 15) is 0 Å². The SMILES string of the molecule is COCCOCCOCCOCCOCCOCCOCCOCCn1cc(CN(C)Cc2cn(CCOCCOCCOCCOCCOCCOCCOCCOC)nn2)nn1. The maximum absolute atomic E-state index is 5.68. The third kappa shape index (κ3) is 37.8. The molecule has 2 aromatic rings. The van der Waals surface area contributed by atoms with Gasteiger partial charge in [0.25, 0.3) is 0 Å². The molecule has 64 heavy (non-hydrogen) atoms. The van der Waals surface area contributed by atoms with Gasteiger partial charge >= 0.3 is 0 Å². The van der Waals surface area contributed by atoms with Gasteiger partial charge in [-0.2, -0.15) is 0 Å². The van der Waals surface area contributed by atoms with Crippen LogP contribution in [0.1, 0.15) is 11.4 Å². The van der Waals surface area contributed by atoms with Gasteiger partial charge in [-0.25, -0.2) is 9.36 Å². The fourth-order valence-electron chi connectivity index (χ4n) is 5.09. The van der Waals surface area contributed by atoms with Crippen molar-refractivity contribution in [2.24, 2.45) is 0 Å². The van der Waals surface area contributed by atoms with Crippen LogP contribution in [0.3, 0.4) is 0 Å². The normalized spacial score (nSPS) is 11.8. The van der Waals surface area contributed by atoms with E-state index in [1.54, 1.807) is 23.6 Å². The molecule has 2 heterocycles. The van der Waals surface area contributed by atoms with Crippen LogP contribution in [-0.4, -0.2) is 254 Å². The van der Waals surface area contributed by atoms with Crippen LogP contribution in [0.2, 0.25) is 0 Å². The first kappa shape index (κ1) is 57.7. The minimum Gasteiger partial charge on any atom is -0.382 e. The van der Waals surface area contributed by atoms with E-state index >= 15 is 0 Å². The van der Waals surface area contributed by atoms with Crippen LogP contribution < -0.4 is 0 Å². The molecule has 0 fully saturated rings. The molecule has 0 amide bonds. The van der Waals surface area contributed by atoms with E-state index in [-0.39, 0.29) is 0 Å². The molecule has 0 atom stereocenters. The molecule has 0 saturated carbocycles. The molecule has 0 unspecified atom stereocenters. The second kappa shape index (κ2) is 45.7. The first-order valence-corrected chi connectivity index (χ1v) is 22.2. The van der Waals surface area contributed by atoms with Crippen LogP contribution in [0.15, 0.2) is 12.4 Å². The fraction of sp³-hybridized carbons (Fsp3) is 0.902. The van der Waals surface area contributed by atoms with Crippen molar-refractivity contribution in [3.05, 3.63) is 23.8 Å². The highest BCUT2D eigenvalue weighted by Gasteiger charge is 2.09. The maximum Gasteiger partial charge on any atom is 0.0967 e. The molecule has 0 radical (unpaired) electrons. The van der Waals surface area contributed by atoms with Crippen molar-refractivity contribution in [2.75, 3.05) is 219 Å². The van der Waals surface area contributed by atoms with Crippen LogP contribution >= 0.6 is 0 Å². The topological polar surface area (TPSA) is 212 Å². The molecule has 23 nitrogen and oxygen atoms in total. The van der Waals surface area contributed by atoms with Crippen molar-refractivity contribution < 1.29 is 75.8 Å². The smallest absolute Gasteiger partial charge is 0.0967 e. The largest absolute Gasteiger partial charge is 0.382 e. The maximum atomic E-state index is 5.68. The zero-order valence-electron chi connectivity index (χ0n) is 38.9. The average molecular weight is 926 g/mol. The summed E-state index contributed by atoms with van der Waals surface area (Å²) in [5, 5.41) is 17.0. The lowest BCUT2D eigenvalue weighted by Crippen LogP contribution is -2.17. The Morgan fingerprint density at radius 2 is 0.531 bits per heavy atom. The van der Waals surface area contributed by atoms with E-state index in [2.05, 4.69) is 25.5 Å². The fourth-order valence-corrected chi connectivity index (χ4v) is 5.09. The second-order valence-electron chi connectivity index (χ2n) is 13.7. The number of methoxy groups -OCH3 is 2. The Bertz CT molecular complexity index is 1150. The molecule has 0 aliphatic heterocycles. The Morgan fingerprint density at radius 3 is 0.750 bits per heavy atom. The van der Waals surface area contributed by atoms with Gasteiger partial charge in [0, 0.05) is 39.7 Å². The van der Waals surface area contributed by atoms with Crippen molar-refractivity contribution in [3.8, 4) is 0 Å². The number of hydrogen-bond donors (Lipinski definition) is 0. The van der Waals surface area contributed by atoms with E-state index in [1.807, 2.05) is 19.4 Å². The van der Waals surface area contributed by atoms with Gasteiger partial charge in [-0.05, 0) is 7.05 Å². The second-order valence-corrected chi connectivity index (χ2v) is 13.7. The molecule has 0 spiro atoms. The van der Waals surface area contributed by atoms with Gasteiger partial charge < -0.3 is 75.8 Å². The van der Waals surface area contributed by atoms with E-state index < -0.39 is 0 Å². The summed E-state index contributed by atoms with van der Waals surface area (Å²) >= 11 is 0. The molecule has 2 aromatic heterocycles. The van der Waals surface area contributed by atoms with Crippen molar-refractivity contribution >= 4 is 0 Å². The van der Waals surface area contributed by atoms with E-state index in [0.29, 0.717) is 224 Å². The molecule has 0 aliphatic carbocycles. The summed E-state index contributed by atoms with van der Waals surface area (Å²) in [6.45, 7) is 18.0. The molecule has 0 aromatic carbocycles. The lowest BCUT2D eigenvalue weighted by Gasteiger charge is -2.12. The third-order valence-electron chi connectivity index (χ3n) is 8.29. The van der Waals surface area contributed by atoms with Crippen LogP contribution in [-0.2, 0) is 102 Å². The minimum absolute atomic E-state index is 0.486. The van der Waals surface area contributed by atoms with Crippen molar-refractivity contribution in [1.29, 1.82) is 0 Å². The van der Waals surface area contributed by atoms with Crippen LogP contribution in [0, 0.1) is 0 Å². The van der Waals surface area contributed by atoms with Gasteiger partial charge in [-0.1, -0.05) is 10.4 Å². The molecule has 0 aliphatic rings. The van der Waals surface area contributed by atoms with Crippen molar-refractivity contribution in [1.82, 2.24) is 34.9 Å². The number of ether oxygens (including phenoxy) is 16. The monoisotopic (exact) mass is 926 g/mol. The van der Waals surface area contributed by atoms with E-state index in [0.717, 1.165) is 11.4 Å². The Labute approximate surface area is 379 Å². The molecule has 23 heteroatoms. The Balaban J connectivity index is 1.30. The van der Waals surface area contributed by atoms with Crippen LogP contribution in [0.5, 0.6) is 0 Å². The third-order valence-corrected chi connectivity index (χ3v) is 8.29. The molecular formula is C41H79N7O16. The van der Waals surface area contributed by atoms with Gasteiger partial charge in [0.15, 0.2) is 0 Å². The van der Waals surface area contributed by atoms with Gasteiger partial charge in [0.05, 0.1) is 223 Å². The first-order chi connectivity index (χ1) is 31.7. The Kier molecular flexibility index (Phi) is 41.3. The van der Waals surface area contributed by atoms with Gasteiger partial charge in [0.2, 0.25) is 0 Å².